The summed E-state index contributed by atoms with van der Waals surface area (Å²) >= 11 is 0. The van der Waals surface area contributed by atoms with Gasteiger partial charge in [0, 0.05) is 11.7 Å². The number of aryl methyl sites for hydroxylation is 1. The molecule has 1 aromatic carbocycles. The van der Waals surface area contributed by atoms with Crippen LogP contribution in [0.2, 0.25) is 0 Å². The van der Waals surface area contributed by atoms with E-state index >= 15 is 0 Å². The molecule has 0 spiro atoms. The lowest BCUT2D eigenvalue weighted by molar-refractivity contribution is 0.247. The Morgan fingerprint density at radius 3 is 2.78 bits per heavy atom. The van der Waals surface area contributed by atoms with E-state index in [4.69, 9.17) is 0 Å². The van der Waals surface area contributed by atoms with Gasteiger partial charge in [-0.2, -0.15) is 0 Å². The first-order chi connectivity index (χ1) is 8.44. The highest BCUT2D eigenvalue weighted by atomic mass is 16.2. The van der Waals surface area contributed by atoms with Crippen molar-refractivity contribution in [3.8, 4) is 0 Å². The molecule has 98 valence electrons. The molecule has 3 heteroatoms. The minimum Gasteiger partial charge on any atom is -0.335 e. The van der Waals surface area contributed by atoms with Gasteiger partial charge in [-0.3, -0.25) is 0 Å². The van der Waals surface area contributed by atoms with Gasteiger partial charge in [-0.25, -0.2) is 4.79 Å². The maximum Gasteiger partial charge on any atom is 0.319 e. The number of carbonyl (C=O) groups is 1. The van der Waals surface area contributed by atoms with Crippen LogP contribution in [-0.4, -0.2) is 12.1 Å². The van der Waals surface area contributed by atoms with Crippen molar-refractivity contribution in [2.75, 3.05) is 5.32 Å². The van der Waals surface area contributed by atoms with E-state index in [2.05, 4.69) is 24.5 Å². The summed E-state index contributed by atoms with van der Waals surface area (Å²) in [5, 5.41) is 5.94. The van der Waals surface area contributed by atoms with Crippen molar-refractivity contribution in [3.63, 3.8) is 0 Å². The highest BCUT2D eigenvalue weighted by Gasteiger charge is 2.31. The van der Waals surface area contributed by atoms with Crippen LogP contribution in [0.15, 0.2) is 24.3 Å². The monoisotopic (exact) mass is 246 g/mol. The Bertz CT molecular complexity index is 440. The molecule has 0 radical (unpaired) electrons. The third-order valence-corrected chi connectivity index (χ3v) is 3.58. The zero-order valence-corrected chi connectivity index (χ0v) is 11.4. The Hall–Kier alpha value is -1.51. The van der Waals surface area contributed by atoms with Gasteiger partial charge in [0.05, 0.1) is 0 Å². The van der Waals surface area contributed by atoms with Crippen molar-refractivity contribution < 1.29 is 4.79 Å². The Morgan fingerprint density at radius 1 is 1.39 bits per heavy atom. The van der Waals surface area contributed by atoms with Crippen LogP contribution in [0.25, 0.3) is 0 Å². The van der Waals surface area contributed by atoms with E-state index in [1.165, 1.54) is 6.42 Å². The van der Waals surface area contributed by atoms with Crippen LogP contribution in [-0.2, 0) is 0 Å². The van der Waals surface area contributed by atoms with Crippen LogP contribution in [0.1, 0.15) is 38.7 Å². The molecule has 1 aliphatic carbocycles. The molecule has 1 unspecified atom stereocenters. The lowest BCUT2D eigenvalue weighted by Crippen LogP contribution is -2.36. The molecular weight excluding hydrogens is 224 g/mol. The number of amides is 2. The fraction of sp³-hybridized carbons (Fsp3) is 0.533. The second-order valence-corrected chi connectivity index (χ2v) is 6.07. The topological polar surface area (TPSA) is 41.1 Å². The zero-order chi connectivity index (χ0) is 13.2. The third kappa shape index (κ3) is 3.49. The Labute approximate surface area is 109 Å². The van der Waals surface area contributed by atoms with Crippen molar-refractivity contribution in [2.45, 2.75) is 46.1 Å². The fourth-order valence-corrected chi connectivity index (χ4v) is 2.63. The average molecular weight is 246 g/mol. The van der Waals surface area contributed by atoms with Crippen LogP contribution in [0.3, 0.4) is 0 Å². The molecule has 0 heterocycles. The zero-order valence-electron chi connectivity index (χ0n) is 11.4. The molecule has 0 saturated heterocycles. The number of hydrogen-bond acceptors (Lipinski definition) is 1. The van der Waals surface area contributed by atoms with Crippen molar-refractivity contribution in [3.05, 3.63) is 29.8 Å². The van der Waals surface area contributed by atoms with Crippen LogP contribution in [0.5, 0.6) is 0 Å². The molecule has 0 aliphatic heterocycles. The van der Waals surface area contributed by atoms with Gasteiger partial charge in [-0.15, -0.1) is 0 Å². The summed E-state index contributed by atoms with van der Waals surface area (Å²) in [6, 6.07) is 8.06. The maximum atomic E-state index is 11.9. The predicted octanol–water partition coefficient (Wildman–Crippen LogP) is 3.70. The van der Waals surface area contributed by atoms with Crippen LogP contribution >= 0.6 is 0 Å². The largest absolute Gasteiger partial charge is 0.335 e. The van der Waals surface area contributed by atoms with Crippen molar-refractivity contribution in [1.82, 2.24) is 5.32 Å². The predicted molar refractivity (Wildman–Crippen MR) is 74.8 cm³/mol. The van der Waals surface area contributed by atoms with Crippen molar-refractivity contribution >= 4 is 11.7 Å². The quantitative estimate of drug-likeness (QED) is 0.821. The fourth-order valence-electron chi connectivity index (χ4n) is 2.63. The minimum atomic E-state index is -0.0942. The summed E-state index contributed by atoms with van der Waals surface area (Å²) in [5.74, 6) is 0. The van der Waals surface area contributed by atoms with Gasteiger partial charge in [0.2, 0.25) is 0 Å². The number of anilines is 1. The molecule has 3 nitrogen and oxygen atoms in total. The molecule has 1 aromatic rings. The second kappa shape index (κ2) is 5.01. The molecule has 1 fully saturated rings. The second-order valence-electron chi connectivity index (χ2n) is 6.07. The van der Waals surface area contributed by atoms with Gasteiger partial charge in [-0.1, -0.05) is 26.0 Å². The van der Waals surface area contributed by atoms with Gasteiger partial charge in [0.15, 0.2) is 0 Å². The molecule has 1 atom stereocenters. The first-order valence-corrected chi connectivity index (χ1v) is 6.59. The van der Waals surface area contributed by atoms with Crippen LogP contribution in [0.4, 0.5) is 10.5 Å². The van der Waals surface area contributed by atoms with E-state index in [1.54, 1.807) is 0 Å². The summed E-state index contributed by atoms with van der Waals surface area (Å²) < 4.78 is 0. The summed E-state index contributed by atoms with van der Waals surface area (Å²) in [5.41, 5.74) is 2.36. The highest BCUT2D eigenvalue weighted by Crippen LogP contribution is 2.36. The molecule has 2 N–H and O–H groups in total. The number of urea groups is 1. The highest BCUT2D eigenvalue weighted by molar-refractivity contribution is 5.89. The smallest absolute Gasteiger partial charge is 0.319 e. The molecule has 2 amide bonds. The molecule has 18 heavy (non-hydrogen) atoms. The van der Waals surface area contributed by atoms with Crippen LogP contribution < -0.4 is 10.6 Å². The molecule has 1 saturated carbocycles. The Kier molecular flexibility index (Phi) is 3.60. The Morgan fingerprint density at radius 2 is 2.17 bits per heavy atom. The van der Waals surface area contributed by atoms with Gasteiger partial charge in [0.1, 0.15) is 0 Å². The molecule has 1 aliphatic rings. The number of rotatable bonds is 2. The van der Waals surface area contributed by atoms with E-state index in [-0.39, 0.29) is 6.03 Å². The molecule has 2 rings (SSSR count). The molecule has 0 aromatic heterocycles. The van der Waals surface area contributed by atoms with E-state index in [1.807, 2.05) is 31.2 Å². The minimum absolute atomic E-state index is 0.0942. The summed E-state index contributed by atoms with van der Waals surface area (Å²) in [7, 11) is 0. The van der Waals surface area contributed by atoms with E-state index < -0.39 is 0 Å². The molecule has 0 bridgehead atoms. The normalized spacial score (nSPS) is 21.6. The van der Waals surface area contributed by atoms with Gasteiger partial charge >= 0.3 is 6.03 Å². The summed E-state index contributed by atoms with van der Waals surface area (Å²) in [6.45, 7) is 6.53. The molecular formula is C15H22N2O. The number of carbonyl (C=O) groups excluding carboxylic acids is 1. The van der Waals surface area contributed by atoms with Gasteiger partial charge < -0.3 is 10.6 Å². The Balaban J connectivity index is 1.86. The maximum absolute atomic E-state index is 11.9. The van der Waals surface area contributed by atoms with Gasteiger partial charge in [0.25, 0.3) is 0 Å². The lowest BCUT2D eigenvalue weighted by atomic mass is 9.92. The van der Waals surface area contributed by atoms with Crippen molar-refractivity contribution in [2.24, 2.45) is 5.41 Å². The SMILES string of the molecule is Cc1cccc(NC(=O)NC2CCC(C)(C)C2)c1. The third-order valence-electron chi connectivity index (χ3n) is 3.58. The first kappa shape index (κ1) is 12.9. The summed E-state index contributed by atoms with van der Waals surface area (Å²) in [4.78, 5) is 11.9. The van der Waals surface area contributed by atoms with E-state index in [0.29, 0.717) is 11.5 Å². The van der Waals surface area contributed by atoms with E-state index in [9.17, 15) is 4.79 Å². The van der Waals surface area contributed by atoms with Gasteiger partial charge in [-0.05, 0) is 49.3 Å². The van der Waals surface area contributed by atoms with Crippen molar-refractivity contribution in [1.29, 1.82) is 0 Å². The van der Waals surface area contributed by atoms with Crippen LogP contribution in [0, 0.1) is 12.3 Å². The number of nitrogens with one attached hydrogen (secondary N) is 2. The average Bonchev–Trinajstić information content (AvgIpc) is 2.57. The van der Waals surface area contributed by atoms with E-state index in [0.717, 1.165) is 24.1 Å². The number of hydrogen-bond donors (Lipinski definition) is 2. The number of benzene rings is 1. The summed E-state index contributed by atoms with van der Waals surface area (Å²) in [6.07, 6.45) is 3.32. The first-order valence-electron chi connectivity index (χ1n) is 6.59. The lowest BCUT2D eigenvalue weighted by Gasteiger charge is -2.18. The standard InChI is InChI=1S/C15H22N2O/c1-11-5-4-6-12(9-11)16-14(18)17-13-7-8-15(2,3)10-13/h4-6,9,13H,7-8,10H2,1-3H3,(H2,16,17,18).